The number of aromatic nitrogens is 3. The molecule has 0 aliphatic rings. The van der Waals surface area contributed by atoms with E-state index < -0.39 is 16.7 Å². The fourth-order valence-corrected chi connectivity index (χ4v) is 3.87. The van der Waals surface area contributed by atoms with Gasteiger partial charge in [-0.05, 0) is 35.4 Å². The predicted octanol–water partition coefficient (Wildman–Crippen LogP) is 3.54. The molecule has 8 heteroatoms. The Morgan fingerprint density at radius 1 is 0.967 bits per heavy atom. The summed E-state index contributed by atoms with van der Waals surface area (Å²) in [7, 11) is -1.29. The molecule has 0 radical (unpaired) electrons. The summed E-state index contributed by atoms with van der Waals surface area (Å²) < 4.78 is 13.8. The van der Waals surface area contributed by atoms with E-state index in [0.29, 0.717) is 16.3 Å². The molecular formula is C22H19N5O2S. The second-order valence-electron chi connectivity index (χ2n) is 6.55. The Labute approximate surface area is 176 Å². The van der Waals surface area contributed by atoms with Crippen molar-refractivity contribution < 1.29 is 9.00 Å². The van der Waals surface area contributed by atoms with Crippen LogP contribution < -0.4 is 11.1 Å². The van der Waals surface area contributed by atoms with Crippen LogP contribution in [0.3, 0.4) is 0 Å². The molecule has 0 aliphatic heterocycles. The van der Waals surface area contributed by atoms with Crippen molar-refractivity contribution in [2.45, 2.75) is 10.8 Å². The number of carbonyl (C=O) groups excluding carboxylic acids is 1. The summed E-state index contributed by atoms with van der Waals surface area (Å²) in [6.45, 7) is 0. The lowest BCUT2D eigenvalue weighted by molar-refractivity contribution is 0.102. The van der Waals surface area contributed by atoms with Gasteiger partial charge in [-0.25, -0.2) is 4.68 Å². The molecule has 4 aromatic rings. The molecule has 1 unspecified atom stereocenters. The highest BCUT2D eigenvalue weighted by atomic mass is 32.2. The Morgan fingerprint density at radius 2 is 1.67 bits per heavy atom. The first kappa shape index (κ1) is 19.5. The monoisotopic (exact) mass is 417 g/mol. The van der Waals surface area contributed by atoms with E-state index in [9.17, 15) is 9.00 Å². The third-order valence-electron chi connectivity index (χ3n) is 4.44. The Hall–Kier alpha value is -3.78. The second-order valence-corrected chi connectivity index (χ2v) is 7.97. The van der Waals surface area contributed by atoms with Crippen LogP contribution in [0.1, 0.15) is 10.5 Å². The number of amides is 1. The number of nitrogens with zero attached hydrogens (tertiary/aromatic N) is 3. The van der Waals surface area contributed by atoms with Crippen molar-refractivity contribution in [1.29, 1.82) is 0 Å². The van der Waals surface area contributed by atoms with Crippen LogP contribution in [0.15, 0.2) is 90.0 Å². The molecule has 30 heavy (non-hydrogen) atoms. The van der Waals surface area contributed by atoms with Crippen molar-refractivity contribution in [2.24, 2.45) is 0 Å². The van der Waals surface area contributed by atoms with Crippen molar-refractivity contribution >= 4 is 28.1 Å². The number of carbonyl (C=O) groups is 1. The Balaban J connectivity index is 1.48. The molecule has 7 nitrogen and oxygen atoms in total. The van der Waals surface area contributed by atoms with Crippen molar-refractivity contribution in [3.63, 3.8) is 0 Å². The summed E-state index contributed by atoms with van der Waals surface area (Å²) in [5.41, 5.74) is 9.03. The van der Waals surface area contributed by atoms with E-state index in [2.05, 4.69) is 15.6 Å². The molecule has 0 aliphatic carbocycles. The molecule has 0 saturated carbocycles. The summed E-state index contributed by atoms with van der Waals surface area (Å²) in [4.78, 5) is 13.3. The highest BCUT2D eigenvalue weighted by Gasteiger charge is 2.14. The van der Waals surface area contributed by atoms with E-state index in [4.69, 9.17) is 5.73 Å². The molecule has 0 bridgehead atoms. The van der Waals surface area contributed by atoms with Crippen molar-refractivity contribution in [3.05, 3.63) is 90.8 Å². The van der Waals surface area contributed by atoms with E-state index in [-0.39, 0.29) is 11.6 Å². The molecule has 1 heterocycles. The summed E-state index contributed by atoms with van der Waals surface area (Å²) in [6, 6.07) is 24.3. The number of benzene rings is 3. The molecule has 1 aromatic heterocycles. The zero-order valence-corrected chi connectivity index (χ0v) is 16.8. The van der Waals surface area contributed by atoms with Crippen LogP contribution in [-0.4, -0.2) is 25.1 Å². The van der Waals surface area contributed by atoms with Crippen LogP contribution in [0.25, 0.3) is 11.1 Å². The number of nitrogens with two attached hydrogens (primary N) is 1. The number of anilines is 2. The molecule has 3 N–H and O–H groups in total. The fourth-order valence-electron chi connectivity index (χ4n) is 2.89. The smallest absolute Gasteiger partial charge is 0.277 e. The zero-order valence-electron chi connectivity index (χ0n) is 15.9. The highest BCUT2D eigenvalue weighted by Crippen LogP contribution is 2.27. The minimum absolute atomic E-state index is 0.107. The standard InChI is InChI=1S/C22H19N5O2S/c23-19-12-11-17(16-7-3-1-4-8-16)13-20(19)24-22(28)21-14-27(26-25-21)15-30(29)18-9-5-2-6-10-18/h1-14H,15,23H2,(H,24,28). The average molecular weight is 417 g/mol. The van der Waals surface area contributed by atoms with Gasteiger partial charge in [0.25, 0.3) is 5.91 Å². The average Bonchev–Trinajstić information content (AvgIpc) is 3.25. The van der Waals surface area contributed by atoms with E-state index in [1.807, 2.05) is 60.7 Å². The lowest BCUT2D eigenvalue weighted by atomic mass is 10.0. The van der Waals surface area contributed by atoms with Gasteiger partial charge in [-0.2, -0.15) is 0 Å². The maximum absolute atomic E-state index is 12.6. The topological polar surface area (TPSA) is 103 Å². The van der Waals surface area contributed by atoms with Crippen molar-refractivity contribution in [3.8, 4) is 11.1 Å². The van der Waals surface area contributed by atoms with Crippen LogP contribution in [0.2, 0.25) is 0 Å². The van der Waals surface area contributed by atoms with Crippen LogP contribution in [-0.2, 0) is 16.7 Å². The molecule has 1 amide bonds. The first-order valence-corrected chi connectivity index (χ1v) is 10.5. The van der Waals surface area contributed by atoms with Gasteiger partial charge in [0.1, 0.15) is 5.88 Å². The molecule has 0 saturated heterocycles. The van der Waals surface area contributed by atoms with E-state index in [1.54, 1.807) is 18.2 Å². The minimum atomic E-state index is -1.29. The first-order valence-electron chi connectivity index (χ1n) is 9.20. The molecule has 150 valence electrons. The Morgan fingerprint density at radius 3 is 2.40 bits per heavy atom. The van der Waals surface area contributed by atoms with Gasteiger partial charge in [0, 0.05) is 4.90 Å². The van der Waals surface area contributed by atoms with Gasteiger partial charge in [0.15, 0.2) is 5.69 Å². The first-order chi connectivity index (χ1) is 14.6. The third-order valence-corrected chi connectivity index (χ3v) is 5.73. The van der Waals surface area contributed by atoms with Crippen LogP contribution >= 0.6 is 0 Å². The maximum atomic E-state index is 12.6. The van der Waals surface area contributed by atoms with E-state index in [1.165, 1.54) is 10.9 Å². The molecule has 3 aromatic carbocycles. The summed E-state index contributed by atoms with van der Waals surface area (Å²) in [6.07, 6.45) is 1.47. The second kappa shape index (κ2) is 8.71. The number of rotatable bonds is 6. The predicted molar refractivity (Wildman–Crippen MR) is 117 cm³/mol. The number of nitrogen functional groups attached to an aromatic ring is 1. The molecular weight excluding hydrogens is 398 g/mol. The summed E-state index contributed by atoms with van der Waals surface area (Å²) in [5, 5.41) is 10.6. The van der Waals surface area contributed by atoms with Crippen LogP contribution in [0.5, 0.6) is 0 Å². The SMILES string of the molecule is Nc1ccc(-c2ccccc2)cc1NC(=O)c1cn(CS(=O)c2ccccc2)nn1. The van der Waals surface area contributed by atoms with Crippen LogP contribution in [0.4, 0.5) is 11.4 Å². The van der Waals surface area contributed by atoms with Crippen molar-refractivity contribution in [1.82, 2.24) is 15.0 Å². The van der Waals surface area contributed by atoms with Gasteiger partial charge in [0.2, 0.25) is 0 Å². The van der Waals surface area contributed by atoms with Gasteiger partial charge in [0.05, 0.1) is 28.4 Å². The van der Waals surface area contributed by atoms with E-state index in [0.717, 1.165) is 11.1 Å². The number of hydrogen-bond donors (Lipinski definition) is 2. The molecule has 4 rings (SSSR count). The Kier molecular flexibility index (Phi) is 5.67. The lowest BCUT2D eigenvalue weighted by Crippen LogP contribution is -2.14. The van der Waals surface area contributed by atoms with Crippen molar-refractivity contribution in [2.75, 3.05) is 11.1 Å². The summed E-state index contributed by atoms with van der Waals surface area (Å²) in [5.74, 6) is -0.334. The van der Waals surface area contributed by atoms with Gasteiger partial charge in [-0.3, -0.25) is 9.00 Å². The molecule has 0 spiro atoms. The van der Waals surface area contributed by atoms with Gasteiger partial charge < -0.3 is 11.1 Å². The van der Waals surface area contributed by atoms with Gasteiger partial charge >= 0.3 is 0 Å². The normalized spacial score (nSPS) is 11.7. The Bertz CT molecular complexity index is 1190. The van der Waals surface area contributed by atoms with Crippen LogP contribution in [0, 0.1) is 0 Å². The van der Waals surface area contributed by atoms with Gasteiger partial charge in [-0.15, -0.1) is 5.10 Å². The maximum Gasteiger partial charge on any atom is 0.277 e. The molecule has 0 fully saturated rings. The minimum Gasteiger partial charge on any atom is -0.397 e. The number of hydrogen-bond acceptors (Lipinski definition) is 5. The third kappa shape index (κ3) is 4.44. The summed E-state index contributed by atoms with van der Waals surface area (Å²) >= 11 is 0. The quantitative estimate of drug-likeness (QED) is 0.467. The fraction of sp³-hybridized carbons (Fsp3) is 0.0455. The molecule has 1 atom stereocenters. The highest BCUT2D eigenvalue weighted by molar-refractivity contribution is 7.84. The van der Waals surface area contributed by atoms with E-state index >= 15 is 0 Å². The zero-order chi connectivity index (χ0) is 20.9. The largest absolute Gasteiger partial charge is 0.397 e. The lowest BCUT2D eigenvalue weighted by Gasteiger charge is -2.09. The van der Waals surface area contributed by atoms with Gasteiger partial charge in [-0.1, -0.05) is 59.8 Å². The number of nitrogens with one attached hydrogen (secondary N) is 1.